The standard InChI is InChI=1S/C18H22N2O2/c1-4-7-20(17-6-5-14(17)10-19)18(22)16-9-15(11-21)12(2)8-13(16)3/h8-9,11,14,17H,4-7H2,1-3H3/t14-,17?/m1/s1. The zero-order chi connectivity index (χ0) is 16.3. The first-order valence-corrected chi connectivity index (χ1v) is 7.80. The number of hydrogen-bond acceptors (Lipinski definition) is 3. The van der Waals surface area contributed by atoms with Crippen LogP contribution in [0.4, 0.5) is 0 Å². The average Bonchev–Trinajstić information content (AvgIpc) is 2.45. The van der Waals surface area contributed by atoms with E-state index in [-0.39, 0.29) is 17.9 Å². The van der Waals surface area contributed by atoms with Crippen molar-refractivity contribution in [3.05, 3.63) is 34.4 Å². The summed E-state index contributed by atoms with van der Waals surface area (Å²) in [6, 6.07) is 5.87. The second-order valence-electron chi connectivity index (χ2n) is 6.02. The van der Waals surface area contributed by atoms with Crippen LogP contribution >= 0.6 is 0 Å². The number of carbonyl (C=O) groups excluding carboxylic acids is 2. The van der Waals surface area contributed by atoms with E-state index in [4.69, 9.17) is 5.26 Å². The first kappa shape index (κ1) is 16.2. The summed E-state index contributed by atoms with van der Waals surface area (Å²) in [6.45, 7) is 6.43. The minimum absolute atomic E-state index is 0.0119. The quantitative estimate of drug-likeness (QED) is 0.784. The summed E-state index contributed by atoms with van der Waals surface area (Å²) in [4.78, 5) is 25.9. The van der Waals surface area contributed by atoms with Crippen LogP contribution < -0.4 is 0 Å². The van der Waals surface area contributed by atoms with E-state index in [9.17, 15) is 9.59 Å². The number of amides is 1. The maximum absolute atomic E-state index is 12.9. The Bertz CT molecular complexity index is 631. The van der Waals surface area contributed by atoms with E-state index in [1.165, 1.54) is 0 Å². The van der Waals surface area contributed by atoms with Crippen LogP contribution in [0.1, 0.15) is 58.0 Å². The van der Waals surface area contributed by atoms with E-state index in [0.29, 0.717) is 17.7 Å². The van der Waals surface area contributed by atoms with Gasteiger partial charge in [-0.05, 0) is 50.3 Å². The van der Waals surface area contributed by atoms with Crippen molar-refractivity contribution in [1.29, 1.82) is 5.26 Å². The molecule has 2 rings (SSSR count). The van der Waals surface area contributed by atoms with Crippen LogP contribution in [0.2, 0.25) is 0 Å². The van der Waals surface area contributed by atoms with E-state index in [2.05, 4.69) is 6.07 Å². The zero-order valence-electron chi connectivity index (χ0n) is 13.4. The van der Waals surface area contributed by atoms with Gasteiger partial charge in [-0.1, -0.05) is 13.0 Å². The highest BCUT2D eigenvalue weighted by molar-refractivity contribution is 5.97. The topological polar surface area (TPSA) is 61.2 Å². The van der Waals surface area contributed by atoms with Gasteiger partial charge in [-0.3, -0.25) is 9.59 Å². The summed E-state index contributed by atoms with van der Waals surface area (Å²) in [5.41, 5.74) is 2.88. The van der Waals surface area contributed by atoms with Crippen LogP contribution in [0.25, 0.3) is 0 Å². The van der Waals surface area contributed by atoms with Crippen molar-refractivity contribution >= 4 is 12.2 Å². The Hall–Kier alpha value is -2.15. The first-order chi connectivity index (χ1) is 10.5. The maximum Gasteiger partial charge on any atom is 0.254 e. The van der Waals surface area contributed by atoms with Gasteiger partial charge in [0.25, 0.3) is 5.91 Å². The van der Waals surface area contributed by atoms with Crippen LogP contribution in [-0.2, 0) is 0 Å². The van der Waals surface area contributed by atoms with Gasteiger partial charge in [-0.2, -0.15) is 5.26 Å². The number of nitriles is 1. The molecule has 4 heteroatoms. The smallest absolute Gasteiger partial charge is 0.254 e. The van der Waals surface area contributed by atoms with E-state index < -0.39 is 0 Å². The number of aryl methyl sites for hydroxylation is 2. The predicted octanol–water partition coefficient (Wildman–Crippen LogP) is 3.27. The van der Waals surface area contributed by atoms with E-state index in [0.717, 1.165) is 36.7 Å². The summed E-state index contributed by atoms with van der Waals surface area (Å²) in [5, 5.41) is 9.16. The van der Waals surface area contributed by atoms with E-state index in [1.54, 1.807) is 6.07 Å². The number of rotatable bonds is 5. The molecule has 1 fully saturated rings. The Labute approximate surface area is 131 Å². The number of carbonyl (C=O) groups is 2. The molecule has 1 saturated carbocycles. The third-order valence-electron chi connectivity index (χ3n) is 4.50. The van der Waals surface area contributed by atoms with Crippen LogP contribution in [0, 0.1) is 31.1 Å². The fourth-order valence-electron chi connectivity index (χ4n) is 3.05. The van der Waals surface area contributed by atoms with Gasteiger partial charge in [0.05, 0.1) is 12.0 Å². The lowest BCUT2D eigenvalue weighted by atomic mass is 9.79. The van der Waals surface area contributed by atoms with Crippen LogP contribution in [0.3, 0.4) is 0 Å². The molecule has 2 atom stereocenters. The van der Waals surface area contributed by atoms with Crippen LogP contribution in [0.5, 0.6) is 0 Å². The highest BCUT2D eigenvalue weighted by Gasteiger charge is 2.38. The molecule has 0 radical (unpaired) electrons. The fourth-order valence-corrected chi connectivity index (χ4v) is 3.05. The van der Waals surface area contributed by atoms with Crippen molar-refractivity contribution < 1.29 is 9.59 Å². The monoisotopic (exact) mass is 298 g/mol. The summed E-state index contributed by atoms with van der Waals surface area (Å²) in [7, 11) is 0. The van der Waals surface area contributed by atoms with Crippen LogP contribution in [0.15, 0.2) is 12.1 Å². The van der Waals surface area contributed by atoms with Gasteiger partial charge in [0.1, 0.15) is 6.29 Å². The molecule has 1 aromatic carbocycles. The average molecular weight is 298 g/mol. The molecule has 0 spiro atoms. The number of hydrogen-bond donors (Lipinski definition) is 0. The van der Waals surface area contributed by atoms with Crippen molar-refractivity contribution in [2.24, 2.45) is 5.92 Å². The molecule has 0 aromatic heterocycles. The van der Waals surface area contributed by atoms with Crippen molar-refractivity contribution in [3.8, 4) is 6.07 Å². The number of nitrogens with zero attached hydrogens (tertiary/aromatic N) is 2. The predicted molar refractivity (Wildman–Crippen MR) is 84.8 cm³/mol. The van der Waals surface area contributed by atoms with Gasteiger partial charge in [0.15, 0.2) is 0 Å². The summed E-state index contributed by atoms with van der Waals surface area (Å²) < 4.78 is 0. The summed E-state index contributed by atoms with van der Waals surface area (Å²) >= 11 is 0. The largest absolute Gasteiger partial charge is 0.334 e. The van der Waals surface area contributed by atoms with E-state index >= 15 is 0 Å². The minimum atomic E-state index is -0.0632. The molecule has 0 heterocycles. The van der Waals surface area contributed by atoms with Gasteiger partial charge in [-0.15, -0.1) is 0 Å². The molecule has 116 valence electrons. The van der Waals surface area contributed by atoms with Crippen molar-refractivity contribution in [1.82, 2.24) is 4.90 Å². The molecule has 1 aromatic rings. The molecule has 22 heavy (non-hydrogen) atoms. The third kappa shape index (κ3) is 2.89. The Morgan fingerprint density at radius 1 is 1.36 bits per heavy atom. The number of aldehydes is 1. The molecule has 0 aliphatic heterocycles. The molecule has 1 aliphatic carbocycles. The molecule has 0 bridgehead atoms. The summed E-state index contributed by atoms with van der Waals surface area (Å²) in [6.07, 6.45) is 3.39. The van der Waals surface area contributed by atoms with Gasteiger partial charge < -0.3 is 4.90 Å². The van der Waals surface area contributed by atoms with Gasteiger partial charge >= 0.3 is 0 Å². The normalized spacial score (nSPS) is 19.9. The van der Waals surface area contributed by atoms with Gasteiger partial charge in [0, 0.05) is 23.7 Å². The van der Waals surface area contributed by atoms with Gasteiger partial charge in [-0.25, -0.2) is 0 Å². The second kappa shape index (κ2) is 6.74. The van der Waals surface area contributed by atoms with Crippen molar-refractivity contribution in [2.45, 2.75) is 46.1 Å². The lowest BCUT2D eigenvalue weighted by Gasteiger charge is -2.41. The highest BCUT2D eigenvalue weighted by atomic mass is 16.2. The lowest BCUT2D eigenvalue weighted by Crippen LogP contribution is -2.50. The molecule has 1 aliphatic rings. The lowest BCUT2D eigenvalue weighted by molar-refractivity contribution is 0.0490. The van der Waals surface area contributed by atoms with Crippen LogP contribution in [-0.4, -0.2) is 29.7 Å². The van der Waals surface area contributed by atoms with E-state index in [1.807, 2.05) is 31.7 Å². The Morgan fingerprint density at radius 2 is 2.09 bits per heavy atom. The molecule has 0 saturated heterocycles. The van der Waals surface area contributed by atoms with Crippen molar-refractivity contribution in [3.63, 3.8) is 0 Å². The van der Waals surface area contributed by atoms with Crippen molar-refractivity contribution in [2.75, 3.05) is 6.54 Å². The molecule has 4 nitrogen and oxygen atoms in total. The molecular weight excluding hydrogens is 276 g/mol. The molecule has 1 unspecified atom stereocenters. The zero-order valence-corrected chi connectivity index (χ0v) is 13.4. The molecule has 1 amide bonds. The Morgan fingerprint density at radius 3 is 2.59 bits per heavy atom. The summed E-state index contributed by atoms with van der Waals surface area (Å²) in [5.74, 6) is -0.126. The minimum Gasteiger partial charge on any atom is -0.334 e. The Balaban J connectivity index is 2.35. The molecule has 0 N–H and O–H groups in total. The third-order valence-corrected chi connectivity index (χ3v) is 4.50. The SMILES string of the molecule is CCCN(C(=O)c1cc(C=O)c(C)cc1C)C1CC[C@@H]1C#N. The second-order valence-corrected chi connectivity index (χ2v) is 6.02. The first-order valence-electron chi connectivity index (χ1n) is 7.80. The van der Waals surface area contributed by atoms with Gasteiger partial charge in [0.2, 0.25) is 0 Å². The number of benzene rings is 1. The Kier molecular flexibility index (Phi) is 4.97. The highest BCUT2D eigenvalue weighted by Crippen LogP contribution is 2.33. The maximum atomic E-state index is 12.9. The fraction of sp³-hybridized carbons (Fsp3) is 0.500. The molecular formula is C18H22N2O2.